The molecule has 2 aromatic rings. The summed E-state index contributed by atoms with van der Waals surface area (Å²) in [6, 6.07) is 11.0. The molecule has 98 valence electrons. The number of hydrogen-bond acceptors (Lipinski definition) is 2. The Hall–Kier alpha value is -2.10. The van der Waals surface area contributed by atoms with Crippen LogP contribution in [0, 0.1) is 11.6 Å². The zero-order valence-corrected chi connectivity index (χ0v) is 10.2. The van der Waals surface area contributed by atoms with Gasteiger partial charge in [0.05, 0.1) is 12.2 Å². The van der Waals surface area contributed by atoms with E-state index in [-0.39, 0.29) is 17.7 Å². The van der Waals surface area contributed by atoms with Crippen LogP contribution in [0.1, 0.15) is 5.56 Å². The lowest BCUT2D eigenvalue weighted by atomic mass is 10.1. The van der Waals surface area contributed by atoms with Crippen molar-refractivity contribution in [3.63, 3.8) is 0 Å². The Morgan fingerprint density at radius 2 is 2.00 bits per heavy atom. The van der Waals surface area contributed by atoms with Crippen LogP contribution in [0.4, 0.5) is 14.5 Å². The number of nitrogens with one attached hydrogen (secondary N) is 1. The number of anilines is 1. The molecule has 2 nitrogen and oxygen atoms in total. The van der Waals surface area contributed by atoms with Gasteiger partial charge in [-0.3, -0.25) is 0 Å². The normalized spacial score (nSPS) is 16.8. The molecule has 2 aromatic carbocycles. The van der Waals surface area contributed by atoms with Gasteiger partial charge < -0.3 is 10.1 Å². The van der Waals surface area contributed by atoms with Crippen LogP contribution in [0.5, 0.6) is 5.75 Å². The van der Waals surface area contributed by atoms with Crippen molar-refractivity contribution < 1.29 is 13.5 Å². The number of benzene rings is 2. The van der Waals surface area contributed by atoms with Gasteiger partial charge in [-0.15, -0.1) is 0 Å². The lowest BCUT2D eigenvalue weighted by Gasteiger charge is -2.13. The predicted octanol–water partition coefficient (Wildman–Crippen LogP) is 3.38. The van der Waals surface area contributed by atoms with Crippen LogP contribution in [0.15, 0.2) is 42.5 Å². The number of para-hydroxylation sites is 1. The Morgan fingerprint density at radius 1 is 1.16 bits per heavy atom. The highest BCUT2D eigenvalue weighted by molar-refractivity contribution is 5.45. The molecule has 0 saturated carbocycles. The van der Waals surface area contributed by atoms with Crippen LogP contribution in [0.2, 0.25) is 0 Å². The van der Waals surface area contributed by atoms with E-state index in [9.17, 15) is 8.78 Å². The lowest BCUT2D eigenvalue weighted by Crippen LogP contribution is -2.24. The number of rotatable bonds is 3. The fraction of sp³-hybridized carbons (Fsp3) is 0.200. The molecule has 0 saturated heterocycles. The molecular weight excluding hydrogens is 248 g/mol. The van der Waals surface area contributed by atoms with E-state index in [0.29, 0.717) is 24.4 Å². The smallest absolute Gasteiger partial charge is 0.146 e. The first-order valence-corrected chi connectivity index (χ1v) is 6.16. The number of ether oxygens (including phenoxy) is 1. The van der Waals surface area contributed by atoms with E-state index in [0.717, 1.165) is 5.56 Å². The van der Waals surface area contributed by atoms with Gasteiger partial charge in [0.15, 0.2) is 0 Å². The maximum absolute atomic E-state index is 13.4. The summed E-state index contributed by atoms with van der Waals surface area (Å²) in [4.78, 5) is 0. The zero-order chi connectivity index (χ0) is 13.2. The Morgan fingerprint density at radius 3 is 2.84 bits per heavy atom. The summed E-state index contributed by atoms with van der Waals surface area (Å²) >= 11 is 0. The third-order valence-corrected chi connectivity index (χ3v) is 3.16. The molecule has 0 aromatic heterocycles. The van der Waals surface area contributed by atoms with Gasteiger partial charge in [-0.25, -0.2) is 8.78 Å². The second-order valence-electron chi connectivity index (χ2n) is 4.56. The standard InChI is InChI=1S/C15H13F2NO/c16-11-5-6-15-10(7-11)8-12(19-15)9-18-14-4-2-1-3-13(14)17/h1-7,12,18H,8-9H2. The van der Waals surface area contributed by atoms with Crippen molar-refractivity contribution in [3.05, 3.63) is 59.7 Å². The molecule has 0 spiro atoms. The maximum atomic E-state index is 13.4. The molecule has 1 N–H and O–H groups in total. The van der Waals surface area contributed by atoms with Crippen LogP contribution in [0.25, 0.3) is 0 Å². The number of halogens is 2. The van der Waals surface area contributed by atoms with E-state index in [1.165, 1.54) is 18.2 Å². The van der Waals surface area contributed by atoms with Crippen molar-refractivity contribution >= 4 is 5.69 Å². The minimum atomic E-state index is -0.288. The molecule has 1 aliphatic heterocycles. The van der Waals surface area contributed by atoms with Crippen LogP contribution in [-0.4, -0.2) is 12.6 Å². The van der Waals surface area contributed by atoms with Crippen molar-refractivity contribution in [1.29, 1.82) is 0 Å². The van der Waals surface area contributed by atoms with Gasteiger partial charge in [0.1, 0.15) is 23.5 Å². The molecule has 1 aliphatic rings. The van der Waals surface area contributed by atoms with E-state index < -0.39 is 0 Å². The van der Waals surface area contributed by atoms with E-state index in [4.69, 9.17) is 4.74 Å². The van der Waals surface area contributed by atoms with Crippen LogP contribution < -0.4 is 10.1 Å². The molecule has 19 heavy (non-hydrogen) atoms. The molecule has 0 radical (unpaired) electrons. The summed E-state index contributed by atoms with van der Waals surface area (Å²) < 4.78 is 32.2. The predicted molar refractivity (Wildman–Crippen MR) is 69.4 cm³/mol. The minimum absolute atomic E-state index is 0.101. The minimum Gasteiger partial charge on any atom is -0.488 e. The molecule has 0 fully saturated rings. The molecule has 3 rings (SSSR count). The molecular formula is C15H13F2NO. The summed E-state index contributed by atoms with van der Waals surface area (Å²) in [6.45, 7) is 0.483. The molecule has 0 amide bonds. The first-order chi connectivity index (χ1) is 9.22. The molecule has 4 heteroatoms. The Balaban J connectivity index is 1.63. The summed E-state index contributed by atoms with van der Waals surface area (Å²) in [7, 11) is 0. The Bertz CT molecular complexity index is 600. The fourth-order valence-electron chi connectivity index (χ4n) is 2.23. The lowest BCUT2D eigenvalue weighted by molar-refractivity contribution is 0.246. The Kier molecular flexibility index (Phi) is 3.07. The first kappa shape index (κ1) is 12.0. The van der Waals surface area contributed by atoms with Gasteiger partial charge in [0.25, 0.3) is 0 Å². The van der Waals surface area contributed by atoms with Crippen molar-refractivity contribution in [2.24, 2.45) is 0 Å². The topological polar surface area (TPSA) is 21.3 Å². The van der Waals surface area contributed by atoms with Gasteiger partial charge in [0, 0.05) is 12.0 Å². The number of fused-ring (bicyclic) bond motifs is 1. The second kappa shape index (κ2) is 4.88. The first-order valence-electron chi connectivity index (χ1n) is 6.16. The Labute approximate surface area is 110 Å². The molecule has 1 atom stereocenters. The van der Waals surface area contributed by atoms with Crippen molar-refractivity contribution in [2.75, 3.05) is 11.9 Å². The summed E-state index contributed by atoms with van der Waals surface area (Å²) in [5, 5.41) is 3.01. The summed E-state index contributed by atoms with van der Waals surface area (Å²) in [5.74, 6) is 0.163. The van der Waals surface area contributed by atoms with Gasteiger partial charge >= 0.3 is 0 Å². The largest absolute Gasteiger partial charge is 0.488 e. The average molecular weight is 261 g/mol. The maximum Gasteiger partial charge on any atom is 0.146 e. The van der Waals surface area contributed by atoms with Crippen molar-refractivity contribution in [1.82, 2.24) is 0 Å². The third-order valence-electron chi connectivity index (χ3n) is 3.16. The zero-order valence-electron chi connectivity index (χ0n) is 10.2. The van der Waals surface area contributed by atoms with Gasteiger partial charge in [-0.2, -0.15) is 0 Å². The second-order valence-corrected chi connectivity index (χ2v) is 4.56. The van der Waals surface area contributed by atoms with E-state index in [2.05, 4.69) is 5.32 Å². The SMILES string of the molecule is Fc1ccc2c(c1)CC(CNc1ccccc1F)O2. The van der Waals surface area contributed by atoms with Gasteiger partial charge in [-0.05, 0) is 30.3 Å². The fourth-order valence-corrected chi connectivity index (χ4v) is 2.23. The van der Waals surface area contributed by atoms with Crippen molar-refractivity contribution in [2.45, 2.75) is 12.5 Å². The van der Waals surface area contributed by atoms with E-state index >= 15 is 0 Å². The summed E-state index contributed by atoms with van der Waals surface area (Å²) in [5.41, 5.74) is 1.31. The van der Waals surface area contributed by atoms with Crippen LogP contribution in [0.3, 0.4) is 0 Å². The highest BCUT2D eigenvalue weighted by Crippen LogP contribution is 2.29. The molecule has 1 unspecified atom stereocenters. The van der Waals surface area contributed by atoms with E-state index in [1.54, 1.807) is 24.3 Å². The van der Waals surface area contributed by atoms with E-state index in [1.807, 2.05) is 0 Å². The molecule has 1 heterocycles. The summed E-state index contributed by atoms with van der Waals surface area (Å²) in [6.07, 6.45) is 0.533. The number of hydrogen-bond donors (Lipinski definition) is 1. The highest BCUT2D eigenvalue weighted by Gasteiger charge is 2.23. The monoisotopic (exact) mass is 261 g/mol. The van der Waals surface area contributed by atoms with Crippen LogP contribution >= 0.6 is 0 Å². The molecule has 0 bridgehead atoms. The average Bonchev–Trinajstić information content (AvgIpc) is 2.79. The van der Waals surface area contributed by atoms with Gasteiger partial charge in [-0.1, -0.05) is 12.1 Å². The quantitative estimate of drug-likeness (QED) is 0.914. The van der Waals surface area contributed by atoms with Crippen LogP contribution in [-0.2, 0) is 6.42 Å². The molecule has 0 aliphatic carbocycles. The third kappa shape index (κ3) is 2.52. The van der Waals surface area contributed by atoms with Crippen molar-refractivity contribution in [3.8, 4) is 5.75 Å². The van der Waals surface area contributed by atoms with Gasteiger partial charge in [0.2, 0.25) is 0 Å². The highest BCUT2D eigenvalue weighted by atomic mass is 19.1.